The predicted molar refractivity (Wildman–Crippen MR) is 90.0 cm³/mol. The van der Waals surface area contributed by atoms with Gasteiger partial charge in [-0.05, 0) is 52.0 Å². The zero-order chi connectivity index (χ0) is 16.2. The van der Waals surface area contributed by atoms with Gasteiger partial charge in [-0.3, -0.25) is 14.5 Å². The molecule has 2 aliphatic carbocycles. The molecule has 0 spiro atoms. The lowest BCUT2D eigenvalue weighted by Gasteiger charge is -2.35. The second-order valence-electron chi connectivity index (χ2n) is 7.38. The Balaban J connectivity index is 1.55. The fraction of sp³-hybridized carbons (Fsp3) is 0.889. The fourth-order valence-corrected chi connectivity index (χ4v) is 4.13. The van der Waals surface area contributed by atoms with Crippen LogP contribution in [-0.2, 0) is 9.59 Å². The molecule has 0 radical (unpaired) electrons. The molecule has 5 heteroatoms. The van der Waals surface area contributed by atoms with Crippen molar-refractivity contribution in [2.75, 3.05) is 19.6 Å². The zero-order valence-electron chi connectivity index (χ0n) is 14.4. The van der Waals surface area contributed by atoms with Gasteiger partial charge in [0.15, 0.2) is 0 Å². The third-order valence-electron chi connectivity index (χ3n) is 5.60. The van der Waals surface area contributed by atoms with Gasteiger partial charge in [0.1, 0.15) is 0 Å². The van der Waals surface area contributed by atoms with Crippen molar-refractivity contribution in [3.63, 3.8) is 0 Å². The number of hydrogen-bond donors (Lipinski definition) is 1. The maximum atomic E-state index is 12.8. The number of hydrogen-bond acceptors (Lipinski definition) is 3. The smallest absolute Gasteiger partial charge is 0.237 e. The fourth-order valence-electron chi connectivity index (χ4n) is 4.13. The average Bonchev–Trinajstić information content (AvgIpc) is 3.24. The van der Waals surface area contributed by atoms with Crippen LogP contribution in [0, 0.1) is 0 Å². The Bertz CT molecular complexity index is 430. The molecule has 3 fully saturated rings. The molecule has 0 aromatic carbocycles. The van der Waals surface area contributed by atoms with E-state index in [1.807, 2.05) is 0 Å². The molecule has 1 aliphatic heterocycles. The highest BCUT2D eigenvalue weighted by Gasteiger charge is 2.36. The van der Waals surface area contributed by atoms with Crippen LogP contribution in [0.3, 0.4) is 0 Å². The van der Waals surface area contributed by atoms with Crippen LogP contribution in [0.1, 0.15) is 64.7 Å². The van der Waals surface area contributed by atoms with E-state index in [1.54, 1.807) is 0 Å². The Morgan fingerprint density at radius 3 is 2.43 bits per heavy atom. The Labute approximate surface area is 139 Å². The molecule has 0 aromatic heterocycles. The summed E-state index contributed by atoms with van der Waals surface area (Å²) < 4.78 is 0. The van der Waals surface area contributed by atoms with Gasteiger partial charge in [-0.2, -0.15) is 0 Å². The van der Waals surface area contributed by atoms with Crippen molar-refractivity contribution in [3.05, 3.63) is 0 Å². The van der Waals surface area contributed by atoms with Crippen molar-refractivity contribution in [2.45, 2.75) is 82.8 Å². The molecule has 1 N–H and O–H groups in total. The molecule has 0 aromatic rings. The van der Waals surface area contributed by atoms with Crippen LogP contribution in [0.2, 0.25) is 0 Å². The molecule has 2 saturated carbocycles. The summed E-state index contributed by atoms with van der Waals surface area (Å²) in [6.45, 7) is 4.15. The third-order valence-corrected chi connectivity index (χ3v) is 5.60. The number of carbonyl (C=O) groups is 2. The number of nitrogens with zero attached hydrogens (tertiary/aromatic N) is 2. The minimum absolute atomic E-state index is 0.0930. The molecule has 1 heterocycles. The molecule has 3 rings (SSSR count). The zero-order valence-corrected chi connectivity index (χ0v) is 14.4. The van der Waals surface area contributed by atoms with E-state index < -0.39 is 0 Å². The summed E-state index contributed by atoms with van der Waals surface area (Å²) in [4.78, 5) is 29.3. The van der Waals surface area contributed by atoms with Crippen LogP contribution < -0.4 is 5.32 Å². The van der Waals surface area contributed by atoms with E-state index in [0.717, 1.165) is 51.6 Å². The highest BCUT2D eigenvalue weighted by atomic mass is 16.2. The number of carbonyl (C=O) groups excluding carboxylic acids is 2. The molecule has 1 saturated heterocycles. The van der Waals surface area contributed by atoms with Gasteiger partial charge in [0.25, 0.3) is 0 Å². The first-order chi connectivity index (χ1) is 11.2. The van der Waals surface area contributed by atoms with Gasteiger partial charge in [-0.1, -0.05) is 19.3 Å². The van der Waals surface area contributed by atoms with Crippen LogP contribution in [0.25, 0.3) is 0 Å². The normalized spacial score (nSPS) is 26.2. The Kier molecular flexibility index (Phi) is 5.57. The second kappa shape index (κ2) is 7.65. The highest BCUT2D eigenvalue weighted by molar-refractivity contribution is 5.84. The van der Waals surface area contributed by atoms with E-state index in [-0.39, 0.29) is 17.9 Å². The lowest BCUT2D eigenvalue weighted by molar-refractivity contribution is -0.136. The van der Waals surface area contributed by atoms with E-state index in [4.69, 9.17) is 0 Å². The first kappa shape index (κ1) is 16.7. The number of nitrogens with one attached hydrogen (secondary N) is 1. The van der Waals surface area contributed by atoms with Crippen molar-refractivity contribution in [3.8, 4) is 0 Å². The van der Waals surface area contributed by atoms with Crippen molar-refractivity contribution in [1.29, 1.82) is 0 Å². The topological polar surface area (TPSA) is 52.7 Å². The van der Waals surface area contributed by atoms with Gasteiger partial charge in [0.05, 0.1) is 12.6 Å². The molecule has 1 atom stereocenters. The second-order valence-corrected chi connectivity index (χ2v) is 7.38. The predicted octanol–water partition coefficient (Wildman–Crippen LogP) is 1.91. The largest absolute Gasteiger partial charge is 0.352 e. The number of amides is 2. The van der Waals surface area contributed by atoms with Crippen LogP contribution in [-0.4, -0.2) is 59.4 Å². The van der Waals surface area contributed by atoms with Gasteiger partial charge in [-0.25, -0.2) is 0 Å². The van der Waals surface area contributed by atoms with Crippen LogP contribution in [0.5, 0.6) is 0 Å². The minimum Gasteiger partial charge on any atom is -0.352 e. The van der Waals surface area contributed by atoms with E-state index >= 15 is 0 Å². The van der Waals surface area contributed by atoms with E-state index in [9.17, 15) is 9.59 Å². The summed E-state index contributed by atoms with van der Waals surface area (Å²) in [6.07, 6.45) is 10.2. The molecule has 23 heavy (non-hydrogen) atoms. The summed E-state index contributed by atoms with van der Waals surface area (Å²) in [6, 6.07) is 0.724. The third kappa shape index (κ3) is 4.25. The summed E-state index contributed by atoms with van der Waals surface area (Å²) >= 11 is 0. The molecular formula is C18H31N3O2. The van der Waals surface area contributed by atoms with E-state index in [1.165, 1.54) is 19.3 Å². The Hall–Kier alpha value is -1.10. The highest BCUT2D eigenvalue weighted by Crippen LogP contribution is 2.25. The number of likely N-dealkylation sites (tertiary alicyclic amines) is 1. The van der Waals surface area contributed by atoms with E-state index in [2.05, 4.69) is 22.0 Å². The number of likely N-dealkylation sites (N-methyl/N-ethyl adjacent to an activating group) is 1. The lowest BCUT2D eigenvalue weighted by atomic mass is 9.94. The molecule has 2 amide bonds. The lowest BCUT2D eigenvalue weighted by Crippen LogP contribution is -2.50. The van der Waals surface area contributed by atoms with Gasteiger partial charge in [-0.15, -0.1) is 0 Å². The standard InChI is InChI=1S/C18H31N3O2/c1-2-21(15-7-4-3-5-8-15)17(22)13-20-12-6-9-16(20)18(23)19-14-10-11-14/h14-16H,2-13H2,1H3,(H,19,23). The van der Waals surface area contributed by atoms with Crippen molar-refractivity contribution < 1.29 is 9.59 Å². The maximum Gasteiger partial charge on any atom is 0.237 e. The van der Waals surface area contributed by atoms with Gasteiger partial charge < -0.3 is 10.2 Å². The van der Waals surface area contributed by atoms with Crippen LogP contribution in [0.15, 0.2) is 0 Å². The molecular weight excluding hydrogens is 290 g/mol. The Morgan fingerprint density at radius 2 is 1.78 bits per heavy atom. The van der Waals surface area contributed by atoms with Crippen molar-refractivity contribution in [2.24, 2.45) is 0 Å². The van der Waals surface area contributed by atoms with Gasteiger partial charge in [0.2, 0.25) is 11.8 Å². The summed E-state index contributed by atoms with van der Waals surface area (Å²) in [5, 5.41) is 3.10. The first-order valence-electron chi connectivity index (χ1n) is 9.53. The molecule has 1 unspecified atom stereocenters. The van der Waals surface area contributed by atoms with Crippen LogP contribution >= 0.6 is 0 Å². The van der Waals surface area contributed by atoms with Gasteiger partial charge in [0, 0.05) is 18.6 Å². The monoisotopic (exact) mass is 321 g/mol. The van der Waals surface area contributed by atoms with Crippen LogP contribution in [0.4, 0.5) is 0 Å². The number of rotatable bonds is 6. The quantitative estimate of drug-likeness (QED) is 0.813. The minimum atomic E-state index is -0.0930. The summed E-state index contributed by atoms with van der Waals surface area (Å²) in [5.41, 5.74) is 0. The molecule has 5 nitrogen and oxygen atoms in total. The average molecular weight is 321 g/mol. The molecule has 130 valence electrons. The van der Waals surface area contributed by atoms with Gasteiger partial charge >= 0.3 is 0 Å². The maximum absolute atomic E-state index is 12.8. The molecule has 0 bridgehead atoms. The SMILES string of the molecule is CCN(C(=O)CN1CCCC1C(=O)NC1CC1)C1CCCCC1. The summed E-state index contributed by atoms with van der Waals surface area (Å²) in [7, 11) is 0. The molecule has 3 aliphatic rings. The first-order valence-corrected chi connectivity index (χ1v) is 9.53. The summed E-state index contributed by atoms with van der Waals surface area (Å²) in [5.74, 6) is 0.351. The Morgan fingerprint density at radius 1 is 1.04 bits per heavy atom. The van der Waals surface area contributed by atoms with E-state index in [0.29, 0.717) is 18.6 Å². The van der Waals surface area contributed by atoms with Crippen molar-refractivity contribution >= 4 is 11.8 Å². The van der Waals surface area contributed by atoms with Crippen molar-refractivity contribution in [1.82, 2.24) is 15.1 Å².